The van der Waals surface area contributed by atoms with Gasteiger partial charge in [-0.05, 0) is 52.2 Å². The smallest absolute Gasteiger partial charge is 0.318 e. The second kappa shape index (κ2) is 13.1. The van der Waals surface area contributed by atoms with Crippen molar-refractivity contribution in [3.05, 3.63) is 30.3 Å². The van der Waals surface area contributed by atoms with Gasteiger partial charge in [-0.25, -0.2) is 4.79 Å². The maximum absolute atomic E-state index is 13.0. The van der Waals surface area contributed by atoms with Crippen LogP contribution in [0.25, 0.3) is 11.3 Å². The molecule has 1 aliphatic rings. The van der Waals surface area contributed by atoms with Gasteiger partial charge in [0.2, 0.25) is 5.91 Å². The van der Waals surface area contributed by atoms with E-state index in [1.165, 1.54) is 0 Å². The van der Waals surface area contributed by atoms with E-state index in [2.05, 4.69) is 20.4 Å². The third-order valence-corrected chi connectivity index (χ3v) is 6.13. The van der Waals surface area contributed by atoms with Crippen LogP contribution >= 0.6 is 0 Å². The van der Waals surface area contributed by atoms with Crippen molar-refractivity contribution in [1.29, 1.82) is 0 Å². The molecule has 0 saturated carbocycles. The maximum Gasteiger partial charge on any atom is 0.318 e. The predicted octanol–water partition coefficient (Wildman–Crippen LogP) is 1.79. The van der Waals surface area contributed by atoms with Gasteiger partial charge in [-0.1, -0.05) is 0 Å². The molecule has 2 aromatic rings. The molecule has 1 aliphatic heterocycles. The van der Waals surface area contributed by atoms with Crippen molar-refractivity contribution >= 4 is 17.8 Å². The molecule has 11 nitrogen and oxygen atoms in total. The molecule has 11 heteroatoms. The Morgan fingerprint density at radius 1 is 1.00 bits per heavy atom. The molecular formula is C26H39N7O4. The second-order valence-electron chi connectivity index (χ2n) is 9.54. The molecule has 0 unspecified atom stereocenters. The normalized spacial score (nSPS) is 13.6. The molecule has 0 spiro atoms. The highest BCUT2D eigenvalue weighted by Gasteiger charge is 2.26. The summed E-state index contributed by atoms with van der Waals surface area (Å²) in [5.41, 5.74) is 1.53. The summed E-state index contributed by atoms with van der Waals surface area (Å²) in [5.74, 6) is 2.08. The number of aromatic nitrogens is 2. The van der Waals surface area contributed by atoms with Crippen molar-refractivity contribution < 1.29 is 19.1 Å². The van der Waals surface area contributed by atoms with Crippen LogP contribution in [-0.4, -0.2) is 117 Å². The number of benzene rings is 1. The number of nitrogens with zero attached hydrogens (tertiary/aromatic N) is 6. The highest BCUT2D eigenvalue weighted by atomic mass is 16.5. The lowest BCUT2D eigenvalue weighted by Crippen LogP contribution is -2.54. The fourth-order valence-electron chi connectivity index (χ4n) is 4.01. The Balaban J connectivity index is 1.59. The fourth-order valence-corrected chi connectivity index (χ4v) is 4.01. The molecule has 1 aromatic heterocycles. The van der Waals surface area contributed by atoms with Gasteiger partial charge in [-0.2, -0.15) is 0 Å². The van der Waals surface area contributed by atoms with Crippen LogP contribution in [0.5, 0.6) is 11.5 Å². The van der Waals surface area contributed by atoms with Crippen LogP contribution in [0.15, 0.2) is 30.3 Å². The largest absolute Gasteiger partial charge is 0.497 e. The Kier molecular flexibility index (Phi) is 9.90. The van der Waals surface area contributed by atoms with Gasteiger partial charge in [0, 0.05) is 56.9 Å². The van der Waals surface area contributed by atoms with Crippen molar-refractivity contribution in [2.45, 2.75) is 19.9 Å². The molecule has 202 valence electrons. The number of nitrogens with one attached hydrogen (secondary N) is 1. The summed E-state index contributed by atoms with van der Waals surface area (Å²) in [6.07, 6.45) is 0. The fraction of sp³-hybridized carbons (Fsp3) is 0.538. The number of methoxy groups -OCH3 is 2. The van der Waals surface area contributed by atoms with Crippen LogP contribution < -0.4 is 19.7 Å². The molecule has 0 aliphatic carbocycles. The molecule has 2 heterocycles. The Bertz CT molecular complexity index is 1040. The quantitative estimate of drug-likeness (QED) is 0.513. The molecule has 3 rings (SSSR count). The number of urea groups is 1. The van der Waals surface area contributed by atoms with E-state index < -0.39 is 0 Å². The first-order valence-corrected chi connectivity index (χ1v) is 12.5. The van der Waals surface area contributed by atoms with Gasteiger partial charge in [-0.15, -0.1) is 10.2 Å². The molecule has 1 aromatic carbocycles. The minimum atomic E-state index is -0.215. The number of likely N-dealkylation sites (N-methyl/N-ethyl adjacent to an activating group) is 1. The number of amides is 3. The van der Waals surface area contributed by atoms with Gasteiger partial charge < -0.3 is 34.4 Å². The lowest BCUT2D eigenvalue weighted by molar-refractivity contribution is -0.132. The van der Waals surface area contributed by atoms with Crippen molar-refractivity contribution in [1.82, 2.24) is 30.2 Å². The van der Waals surface area contributed by atoms with E-state index >= 15 is 0 Å². The van der Waals surface area contributed by atoms with E-state index in [4.69, 9.17) is 9.47 Å². The van der Waals surface area contributed by atoms with Gasteiger partial charge in [0.25, 0.3) is 0 Å². The monoisotopic (exact) mass is 513 g/mol. The van der Waals surface area contributed by atoms with Crippen LogP contribution in [0.2, 0.25) is 0 Å². The number of rotatable bonds is 10. The Hall–Kier alpha value is -3.60. The molecule has 0 bridgehead atoms. The first kappa shape index (κ1) is 28.0. The SMILES string of the molecule is COc1ccc(-c2ccc(N3CCN(C(=O)CN(CCN(C)C)C(=O)NC(C)C)CC3)nn2)c(OC)c1. The van der Waals surface area contributed by atoms with Crippen LogP contribution in [-0.2, 0) is 4.79 Å². The Labute approximate surface area is 219 Å². The zero-order valence-electron chi connectivity index (χ0n) is 22.7. The van der Waals surface area contributed by atoms with Gasteiger partial charge in [0.05, 0.1) is 19.9 Å². The number of hydrogen-bond acceptors (Lipinski definition) is 8. The van der Waals surface area contributed by atoms with E-state index in [9.17, 15) is 9.59 Å². The zero-order valence-corrected chi connectivity index (χ0v) is 22.7. The van der Waals surface area contributed by atoms with Crippen molar-refractivity contribution in [2.24, 2.45) is 0 Å². The molecule has 1 saturated heterocycles. The van der Waals surface area contributed by atoms with Crippen molar-refractivity contribution in [3.8, 4) is 22.8 Å². The Morgan fingerprint density at radius 3 is 2.30 bits per heavy atom. The van der Waals surface area contributed by atoms with E-state index in [-0.39, 0.29) is 24.5 Å². The van der Waals surface area contributed by atoms with E-state index in [0.717, 1.165) is 11.4 Å². The first-order chi connectivity index (χ1) is 17.7. The summed E-state index contributed by atoms with van der Waals surface area (Å²) in [5, 5.41) is 11.7. The summed E-state index contributed by atoms with van der Waals surface area (Å²) >= 11 is 0. The van der Waals surface area contributed by atoms with Crippen LogP contribution in [0.3, 0.4) is 0 Å². The topological polar surface area (TPSA) is 103 Å². The van der Waals surface area contributed by atoms with E-state index in [0.29, 0.717) is 56.5 Å². The standard InChI is InChI=1S/C26H39N7O4/c1-19(2)27-26(35)33(12-11-30(3)4)18-25(34)32-15-13-31(14-16-32)24-10-9-22(28-29-24)21-8-7-20(36-5)17-23(21)37-6/h7-10,17,19H,11-16,18H2,1-6H3,(H,27,35). The summed E-state index contributed by atoms with van der Waals surface area (Å²) in [6, 6.07) is 9.21. The molecule has 3 amide bonds. The van der Waals surface area contributed by atoms with Gasteiger partial charge >= 0.3 is 6.03 Å². The maximum atomic E-state index is 13.0. The molecule has 1 fully saturated rings. The van der Waals surface area contributed by atoms with Gasteiger partial charge in [0.15, 0.2) is 5.82 Å². The van der Waals surface area contributed by atoms with Crippen molar-refractivity contribution in [3.63, 3.8) is 0 Å². The Morgan fingerprint density at radius 2 is 1.73 bits per heavy atom. The predicted molar refractivity (Wildman–Crippen MR) is 143 cm³/mol. The lowest BCUT2D eigenvalue weighted by atomic mass is 10.1. The van der Waals surface area contributed by atoms with Gasteiger partial charge in [-0.3, -0.25) is 4.79 Å². The molecule has 0 atom stereocenters. The van der Waals surface area contributed by atoms with E-state index in [1.807, 2.05) is 68.1 Å². The molecule has 1 N–H and O–H groups in total. The second-order valence-corrected chi connectivity index (χ2v) is 9.54. The minimum Gasteiger partial charge on any atom is -0.497 e. The summed E-state index contributed by atoms with van der Waals surface area (Å²) < 4.78 is 10.8. The average molecular weight is 514 g/mol. The number of ether oxygens (including phenoxy) is 2. The van der Waals surface area contributed by atoms with Crippen LogP contribution in [0.4, 0.5) is 10.6 Å². The van der Waals surface area contributed by atoms with Crippen LogP contribution in [0, 0.1) is 0 Å². The molecule has 0 radical (unpaired) electrons. The summed E-state index contributed by atoms with van der Waals surface area (Å²) in [4.78, 5) is 33.1. The lowest BCUT2D eigenvalue weighted by Gasteiger charge is -2.36. The highest BCUT2D eigenvalue weighted by molar-refractivity contribution is 5.84. The number of anilines is 1. The first-order valence-electron chi connectivity index (χ1n) is 12.5. The number of carbonyl (C=O) groups is 2. The summed E-state index contributed by atoms with van der Waals surface area (Å²) in [6.45, 7) is 7.44. The zero-order chi connectivity index (χ0) is 26.9. The number of carbonyl (C=O) groups excluding carboxylic acids is 2. The van der Waals surface area contributed by atoms with E-state index in [1.54, 1.807) is 19.1 Å². The average Bonchev–Trinajstić information content (AvgIpc) is 2.90. The minimum absolute atomic E-state index is 0.00584. The molecule has 37 heavy (non-hydrogen) atoms. The third kappa shape index (κ3) is 7.69. The van der Waals surface area contributed by atoms with Crippen molar-refractivity contribution in [2.75, 3.05) is 79.0 Å². The number of piperazine rings is 1. The van der Waals surface area contributed by atoms with Crippen LogP contribution in [0.1, 0.15) is 13.8 Å². The third-order valence-electron chi connectivity index (χ3n) is 6.13. The summed E-state index contributed by atoms with van der Waals surface area (Å²) in [7, 11) is 7.12. The highest BCUT2D eigenvalue weighted by Crippen LogP contribution is 2.32. The number of hydrogen-bond donors (Lipinski definition) is 1. The molecular weight excluding hydrogens is 474 g/mol. The van der Waals surface area contributed by atoms with Gasteiger partial charge in [0.1, 0.15) is 18.0 Å².